The molecule has 0 saturated heterocycles. The molecular formula is C18H23N3O5. The lowest BCUT2D eigenvalue weighted by Gasteiger charge is -2.22. The summed E-state index contributed by atoms with van der Waals surface area (Å²) in [5, 5.41) is 3.01. The van der Waals surface area contributed by atoms with Crippen LogP contribution in [0.5, 0.6) is 0 Å². The number of fused-ring (bicyclic) bond motifs is 1. The first-order valence-electron chi connectivity index (χ1n) is 8.96. The maximum Gasteiger partial charge on any atom is 0.342 e. The van der Waals surface area contributed by atoms with Crippen LogP contribution < -0.4 is 10.9 Å². The van der Waals surface area contributed by atoms with Crippen LogP contribution in [0.3, 0.4) is 0 Å². The van der Waals surface area contributed by atoms with Gasteiger partial charge >= 0.3 is 5.97 Å². The van der Waals surface area contributed by atoms with Crippen LogP contribution in [0.25, 0.3) is 11.1 Å². The Morgan fingerprint density at radius 2 is 2.08 bits per heavy atom. The summed E-state index contributed by atoms with van der Waals surface area (Å²) in [5.41, 5.74) is -0.352. The number of hydrogen-bond acceptors (Lipinski definition) is 6. The second-order valence-electron chi connectivity index (χ2n) is 6.51. The molecule has 2 aromatic rings. The van der Waals surface area contributed by atoms with Crippen molar-refractivity contribution in [3.63, 3.8) is 0 Å². The van der Waals surface area contributed by atoms with Crippen LogP contribution in [0.4, 0.5) is 0 Å². The Morgan fingerprint density at radius 3 is 2.77 bits per heavy atom. The number of nitrogens with zero attached hydrogens (tertiary/aromatic N) is 2. The molecule has 0 aromatic carbocycles. The molecule has 0 atom stereocenters. The second-order valence-corrected chi connectivity index (χ2v) is 6.51. The fourth-order valence-corrected chi connectivity index (χ4v) is 3.37. The van der Waals surface area contributed by atoms with E-state index in [0.717, 1.165) is 25.7 Å². The van der Waals surface area contributed by atoms with Gasteiger partial charge < -0.3 is 14.5 Å². The number of hydrogen-bond donors (Lipinski definition) is 1. The molecule has 0 aliphatic heterocycles. The van der Waals surface area contributed by atoms with E-state index < -0.39 is 11.5 Å². The van der Waals surface area contributed by atoms with E-state index in [1.54, 1.807) is 13.8 Å². The normalized spacial score (nSPS) is 15.2. The van der Waals surface area contributed by atoms with Gasteiger partial charge in [0.25, 0.3) is 5.56 Å². The first kappa shape index (κ1) is 18.2. The molecule has 2 aromatic heterocycles. The van der Waals surface area contributed by atoms with E-state index in [1.165, 1.54) is 17.3 Å². The van der Waals surface area contributed by atoms with Crippen molar-refractivity contribution in [3.8, 4) is 0 Å². The molecule has 26 heavy (non-hydrogen) atoms. The van der Waals surface area contributed by atoms with Crippen LogP contribution in [0.1, 0.15) is 55.1 Å². The summed E-state index contributed by atoms with van der Waals surface area (Å²) in [6.07, 6.45) is 6.61. The number of esters is 1. The van der Waals surface area contributed by atoms with Gasteiger partial charge in [0.05, 0.1) is 6.61 Å². The van der Waals surface area contributed by atoms with Crippen LogP contribution in [0, 0.1) is 6.92 Å². The van der Waals surface area contributed by atoms with Crippen molar-refractivity contribution in [1.29, 1.82) is 0 Å². The number of rotatable bonds is 5. The molecule has 0 spiro atoms. The van der Waals surface area contributed by atoms with Crippen molar-refractivity contribution in [2.75, 3.05) is 6.61 Å². The average molecular weight is 361 g/mol. The van der Waals surface area contributed by atoms with Gasteiger partial charge in [-0.15, -0.1) is 0 Å². The molecule has 1 N–H and O–H groups in total. The number of aryl methyl sites for hydroxylation is 1. The standard InChI is InChI=1S/C18H23N3O5/c1-3-25-18(24)14-11(2)26-16-15(14)17(23)21(10-19-16)9-13(22)20-12-7-5-4-6-8-12/h10,12H,3-9H2,1-2H3,(H,20,22). The van der Waals surface area contributed by atoms with Gasteiger partial charge in [0.2, 0.25) is 11.6 Å². The summed E-state index contributed by atoms with van der Waals surface area (Å²) in [5.74, 6) is -0.599. The minimum Gasteiger partial charge on any atom is -0.462 e. The molecule has 3 rings (SSSR count). The Kier molecular flexibility index (Phi) is 5.39. The summed E-state index contributed by atoms with van der Waals surface area (Å²) in [6, 6.07) is 0.162. The zero-order chi connectivity index (χ0) is 18.7. The first-order valence-corrected chi connectivity index (χ1v) is 8.96. The van der Waals surface area contributed by atoms with Gasteiger partial charge in [-0.2, -0.15) is 0 Å². The van der Waals surface area contributed by atoms with Crippen molar-refractivity contribution >= 4 is 23.0 Å². The maximum atomic E-state index is 12.8. The molecule has 8 heteroatoms. The quantitative estimate of drug-likeness (QED) is 0.816. The van der Waals surface area contributed by atoms with Gasteiger partial charge in [-0.25, -0.2) is 9.78 Å². The first-order chi connectivity index (χ1) is 12.5. The molecule has 2 heterocycles. The van der Waals surface area contributed by atoms with Crippen LogP contribution in [0.15, 0.2) is 15.5 Å². The molecule has 0 unspecified atom stereocenters. The highest BCUT2D eigenvalue weighted by atomic mass is 16.5. The van der Waals surface area contributed by atoms with E-state index in [2.05, 4.69) is 10.3 Å². The summed E-state index contributed by atoms with van der Waals surface area (Å²) in [6.45, 7) is 3.29. The fourth-order valence-electron chi connectivity index (χ4n) is 3.37. The van der Waals surface area contributed by atoms with E-state index in [0.29, 0.717) is 0 Å². The third-order valence-electron chi connectivity index (χ3n) is 4.62. The smallest absolute Gasteiger partial charge is 0.342 e. The van der Waals surface area contributed by atoms with Crippen LogP contribution in [0.2, 0.25) is 0 Å². The van der Waals surface area contributed by atoms with Gasteiger partial charge in [-0.05, 0) is 26.7 Å². The number of amides is 1. The minimum atomic E-state index is -0.632. The number of nitrogens with one attached hydrogen (secondary N) is 1. The predicted octanol–water partition coefficient (Wildman–Crippen LogP) is 1.92. The fraction of sp³-hybridized carbons (Fsp3) is 0.556. The summed E-state index contributed by atoms with van der Waals surface area (Å²) < 4.78 is 11.6. The van der Waals surface area contributed by atoms with Gasteiger partial charge in [0.1, 0.15) is 29.6 Å². The third kappa shape index (κ3) is 3.63. The van der Waals surface area contributed by atoms with E-state index in [-0.39, 0.29) is 47.5 Å². The number of ether oxygens (including phenoxy) is 1. The van der Waals surface area contributed by atoms with Gasteiger partial charge in [-0.1, -0.05) is 19.3 Å². The molecule has 1 aliphatic rings. The zero-order valence-corrected chi connectivity index (χ0v) is 15.0. The predicted molar refractivity (Wildman–Crippen MR) is 94.0 cm³/mol. The molecule has 1 aliphatic carbocycles. The van der Waals surface area contributed by atoms with E-state index in [9.17, 15) is 14.4 Å². The van der Waals surface area contributed by atoms with E-state index >= 15 is 0 Å². The van der Waals surface area contributed by atoms with Crippen molar-refractivity contribution in [1.82, 2.24) is 14.9 Å². The maximum absolute atomic E-state index is 12.8. The molecule has 0 bridgehead atoms. The second kappa shape index (κ2) is 7.72. The Labute approximate surface area is 150 Å². The Bertz CT molecular complexity index is 877. The molecule has 1 fully saturated rings. The van der Waals surface area contributed by atoms with Crippen LogP contribution >= 0.6 is 0 Å². The lowest BCUT2D eigenvalue weighted by atomic mass is 9.95. The molecule has 8 nitrogen and oxygen atoms in total. The Balaban J connectivity index is 1.86. The van der Waals surface area contributed by atoms with Crippen molar-refractivity contribution in [2.45, 2.75) is 58.5 Å². The lowest BCUT2D eigenvalue weighted by molar-refractivity contribution is -0.122. The highest BCUT2D eigenvalue weighted by Gasteiger charge is 2.24. The average Bonchev–Trinajstić information content (AvgIpc) is 2.95. The molecule has 1 amide bonds. The van der Waals surface area contributed by atoms with Crippen molar-refractivity contribution < 1.29 is 18.7 Å². The Morgan fingerprint density at radius 1 is 1.35 bits per heavy atom. The van der Waals surface area contributed by atoms with E-state index in [4.69, 9.17) is 9.15 Å². The Hall–Kier alpha value is -2.64. The highest BCUT2D eigenvalue weighted by molar-refractivity contribution is 6.03. The number of aromatic nitrogens is 2. The topological polar surface area (TPSA) is 103 Å². The SMILES string of the molecule is CCOC(=O)c1c(C)oc2ncn(CC(=O)NC3CCCCC3)c(=O)c12. The van der Waals surface area contributed by atoms with Gasteiger partial charge in [0.15, 0.2) is 0 Å². The van der Waals surface area contributed by atoms with Gasteiger partial charge in [0, 0.05) is 6.04 Å². The molecule has 0 radical (unpaired) electrons. The summed E-state index contributed by atoms with van der Waals surface area (Å²) in [4.78, 5) is 41.3. The highest BCUT2D eigenvalue weighted by Crippen LogP contribution is 2.22. The molecular weight excluding hydrogens is 338 g/mol. The minimum absolute atomic E-state index is 0.0499. The molecule has 1 saturated carbocycles. The summed E-state index contributed by atoms with van der Waals surface area (Å²) in [7, 11) is 0. The number of carbonyl (C=O) groups is 2. The zero-order valence-electron chi connectivity index (χ0n) is 15.0. The van der Waals surface area contributed by atoms with Gasteiger partial charge in [-0.3, -0.25) is 14.2 Å². The largest absolute Gasteiger partial charge is 0.462 e. The third-order valence-corrected chi connectivity index (χ3v) is 4.62. The van der Waals surface area contributed by atoms with E-state index in [1.807, 2.05) is 0 Å². The monoisotopic (exact) mass is 361 g/mol. The van der Waals surface area contributed by atoms with Crippen LogP contribution in [-0.4, -0.2) is 34.1 Å². The lowest BCUT2D eigenvalue weighted by Crippen LogP contribution is -2.39. The van der Waals surface area contributed by atoms with Crippen molar-refractivity contribution in [3.05, 3.63) is 28.0 Å². The van der Waals surface area contributed by atoms with Crippen LogP contribution in [-0.2, 0) is 16.1 Å². The number of furan rings is 1. The van der Waals surface area contributed by atoms with Crippen molar-refractivity contribution in [2.24, 2.45) is 0 Å². The number of carbonyl (C=O) groups excluding carboxylic acids is 2. The molecule has 140 valence electrons. The summed E-state index contributed by atoms with van der Waals surface area (Å²) >= 11 is 0.